The average molecular weight is 510 g/mol. The summed E-state index contributed by atoms with van der Waals surface area (Å²) in [6, 6.07) is 18.1. The van der Waals surface area contributed by atoms with Gasteiger partial charge in [0.05, 0.1) is 16.3 Å². The molecule has 174 valence electrons. The van der Waals surface area contributed by atoms with Gasteiger partial charge in [0.1, 0.15) is 4.32 Å². The number of rotatable bonds is 9. The van der Waals surface area contributed by atoms with E-state index in [2.05, 4.69) is 19.1 Å². The molecule has 34 heavy (non-hydrogen) atoms. The highest BCUT2D eigenvalue weighted by Gasteiger charge is 2.32. The van der Waals surface area contributed by atoms with Crippen molar-refractivity contribution in [2.24, 2.45) is 0 Å². The fourth-order valence-corrected chi connectivity index (χ4v) is 5.49. The van der Waals surface area contributed by atoms with E-state index < -0.39 is 5.97 Å². The highest BCUT2D eigenvalue weighted by Crippen LogP contribution is 2.35. The van der Waals surface area contributed by atoms with Crippen LogP contribution in [-0.4, -0.2) is 48.3 Å². The molecular formula is C25H23N3O3S3. The number of carbonyl (C=O) groups is 2. The van der Waals surface area contributed by atoms with E-state index in [9.17, 15) is 9.59 Å². The summed E-state index contributed by atoms with van der Waals surface area (Å²) in [6.07, 6.45) is 4.09. The van der Waals surface area contributed by atoms with Crippen LogP contribution < -0.4 is 0 Å². The molecule has 6 nitrogen and oxygen atoms in total. The van der Waals surface area contributed by atoms with Gasteiger partial charge in [-0.1, -0.05) is 61.2 Å². The van der Waals surface area contributed by atoms with Crippen LogP contribution in [0.15, 0.2) is 70.6 Å². The zero-order chi connectivity index (χ0) is 24.1. The first kappa shape index (κ1) is 24.3. The minimum Gasteiger partial charge on any atom is -0.481 e. The average Bonchev–Trinajstić information content (AvgIpc) is 3.36. The van der Waals surface area contributed by atoms with Gasteiger partial charge in [-0.05, 0) is 42.5 Å². The van der Waals surface area contributed by atoms with Gasteiger partial charge in [-0.15, -0.1) is 11.8 Å². The number of thioether (sulfide) groups is 2. The lowest BCUT2D eigenvalue weighted by molar-refractivity contribution is -0.137. The molecule has 9 heteroatoms. The van der Waals surface area contributed by atoms with E-state index >= 15 is 0 Å². The Kier molecular flexibility index (Phi) is 7.87. The standard InChI is InChI=1S/C25H23N3O3S3/c1-2-33-20-12-10-17(11-13-20)23-18(16-28(26-23)19-7-4-3-5-8-19)15-21-24(31)27(25(32)34-21)14-6-9-22(29)30/h3-5,7-8,10-13,15-16H,2,6,9,14H2,1H3,(H,29,30). The van der Waals surface area contributed by atoms with Crippen molar-refractivity contribution in [3.8, 4) is 16.9 Å². The lowest BCUT2D eigenvalue weighted by atomic mass is 10.1. The van der Waals surface area contributed by atoms with Gasteiger partial charge in [-0.25, -0.2) is 4.68 Å². The molecule has 0 aliphatic carbocycles. The first-order chi connectivity index (χ1) is 16.5. The third-order valence-corrected chi connectivity index (χ3v) is 7.41. The summed E-state index contributed by atoms with van der Waals surface area (Å²) in [5.41, 5.74) is 3.46. The zero-order valence-electron chi connectivity index (χ0n) is 18.5. The number of carboxylic acids is 1. The van der Waals surface area contributed by atoms with Crippen molar-refractivity contribution in [1.82, 2.24) is 14.7 Å². The number of para-hydroxylation sites is 1. The van der Waals surface area contributed by atoms with Gasteiger partial charge in [0.25, 0.3) is 5.91 Å². The lowest BCUT2D eigenvalue weighted by Gasteiger charge is -2.13. The fourth-order valence-electron chi connectivity index (χ4n) is 3.53. The molecule has 1 saturated heterocycles. The highest BCUT2D eigenvalue weighted by atomic mass is 32.2. The van der Waals surface area contributed by atoms with Crippen molar-refractivity contribution in [1.29, 1.82) is 0 Å². The van der Waals surface area contributed by atoms with Crippen LogP contribution in [0, 0.1) is 0 Å². The van der Waals surface area contributed by atoms with Gasteiger partial charge in [-0.3, -0.25) is 14.5 Å². The number of hydrogen-bond donors (Lipinski definition) is 1. The van der Waals surface area contributed by atoms with E-state index in [1.807, 2.05) is 59.4 Å². The SMILES string of the molecule is CCSc1ccc(-c2nn(-c3ccccc3)cc2C=C2SC(=S)N(CCCC(=O)O)C2=O)cc1. The van der Waals surface area contributed by atoms with Gasteiger partial charge < -0.3 is 5.11 Å². The van der Waals surface area contributed by atoms with Crippen molar-refractivity contribution >= 4 is 58.0 Å². The Bertz CT molecular complexity index is 1240. The monoisotopic (exact) mass is 509 g/mol. The molecule has 0 unspecified atom stereocenters. The molecule has 1 aliphatic rings. The maximum Gasteiger partial charge on any atom is 0.303 e. The molecule has 0 radical (unpaired) electrons. The van der Waals surface area contributed by atoms with Crippen LogP contribution in [0.4, 0.5) is 0 Å². The molecule has 0 bridgehead atoms. The van der Waals surface area contributed by atoms with Gasteiger partial charge in [0, 0.05) is 35.2 Å². The van der Waals surface area contributed by atoms with Crippen LogP contribution in [0.25, 0.3) is 23.0 Å². The topological polar surface area (TPSA) is 75.4 Å². The number of aliphatic carboxylic acids is 1. The van der Waals surface area contributed by atoms with Crippen LogP contribution in [0.1, 0.15) is 25.3 Å². The number of benzene rings is 2. The second-order valence-electron chi connectivity index (χ2n) is 7.50. The summed E-state index contributed by atoms with van der Waals surface area (Å²) < 4.78 is 2.25. The van der Waals surface area contributed by atoms with Crippen molar-refractivity contribution in [3.63, 3.8) is 0 Å². The van der Waals surface area contributed by atoms with Gasteiger partial charge >= 0.3 is 5.97 Å². The van der Waals surface area contributed by atoms with E-state index in [1.165, 1.54) is 21.6 Å². The Hall–Kier alpha value is -2.88. The van der Waals surface area contributed by atoms with E-state index in [0.29, 0.717) is 22.2 Å². The third-order valence-electron chi connectivity index (χ3n) is 5.13. The Morgan fingerprint density at radius 3 is 2.59 bits per heavy atom. The van der Waals surface area contributed by atoms with Crippen LogP contribution in [-0.2, 0) is 9.59 Å². The molecule has 4 rings (SSSR count). The predicted molar refractivity (Wildman–Crippen MR) is 142 cm³/mol. The molecule has 1 aliphatic heterocycles. The molecule has 3 aromatic rings. The number of amides is 1. The Labute approximate surface area is 212 Å². The number of nitrogens with zero attached hydrogens (tertiary/aromatic N) is 3. The largest absolute Gasteiger partial charge is 0.481 e. The van der Waals surface area contributed by atoms with E-state index in [1.54, 1.807) is 11.8 Å². The lowest BCUT2D eigenvalue weighted by Crippen LogP contribution is -2.29. The molecular weight excluding hydrogens is 486 g/mol. The Morgan fingerprint density at radius 2 is 1.91 bits per heavy atom. The highest BCUT2D eigenvalue weighted by molar-refractivity contribution is 8.26. The second kappa shape index (κ2) is 11.0. The number of hydrogen-bond acceptors (Lipinski definition) is 6. The van der Waals surface area contributed by atoms with E-state index in [-0.39, 0.29) is 12.3 Å². The normalized spacial score (nSPS) is 14.9. The summed E-state index contributed by atoms with van der Waals surface area (Å²) in [7, 11) is 0. The van der Waals surface area contributed by atoms with Gasteiger partial charge in [-0.2, -0.15) is 5.10 Å². The van der Waals surface area contributed by atoms with E-state index in [4.69, 9.17) is 22.4 Å². The van der Waals surface area contributed by atoms with Crippen molar-refractivity contribution in [3.05, 3.63) is 71.3 Å². The molecule has 0 atom stereocenters. The second-order valence-corrected chi connectivity index (χ2v) is 10.5. The van der Waals surface area contributed by atoms with Crippen molar-refractivity contribution in [2.45, 2.75) is 24.7 Å². The Morgan fingerprint density at radius 1 is 1.18 bits per heavy atom. The quantitative estimate of drug-likeness (QED) is 0.225. The maximum atomic E-state index is 13.0. The first-order valence-corrected chi connectivity index (χ1v) is 13.0. The summed E-state index contributed by atoms with van der Waals surface area (Å²) in [5, 5.41) is 13.7. The summed E-state index contributed by atoms with van der Waals surface area (Å²) >= 11 is 8.41. The number of carboxylic acid groups (broad SMARTS) is 1. The van der Waals surface area contributed by atoms with E-state index in [0.717, 1.165) is 28.3 Å². The number of aromatic nitrogens is 2. The fraction of sp³-hybridized carbons (Fsp3) is 0.200. The minimum atomic E-state index is -0.887. The summed E-state index contributed by atoms with van der Waals surface area (Å²) in [6.45, 7) is 2.41. The van der Waals surface area contributed by atoms with Crippen LogP contribution in [0.5, 0.6) is 0 Å². The van der Waals surface area contributed by atoms with Gasteiger partial charge in [0.2, 0.25) is 0 Å². The van der Waals surface area contributed by atoms with Gasteiger partial charge in [0.15, 0.2) is 0 Å². The minimum absolute atomic E-state index is 0.00356. The molecule has 2 heterocycles. The predicted octanol–water partition coefficient (Wildman–Crippen LogP) is 5.72. The first-order valence-electron chi connectivity index (χ1n) is 10.8. The maximum absolute atomic E-state index is 13.0. The number of carbonyl (C=O) groups excluding carboxylic acids is 1. The van der Waals surface area contributed by atoms with Crippen molar-refractivity contribution in [2.75, 3.05) is 12.3 Å². The molecule has 0 saturated carbocycles. The molecule has 1 amide bonds. The molecule has 1 fully saturated rings. The van der Waals surface area contributed by atoms with Crippen LogP contribution in [0.2, 0.25) is 0 Å². The van der Waals surface area contributed by atoms with Crippen LogP contribution in [0.3, 0.4) is 0 Å². The summed E-state index contributed by atoms with van der Waals surface area (Å²) in [4.78, 5) is 27.0. The zero-order valence-corrected chi connectivity index (χ0v) is 21.0. The Balaban J connectivity index is 1.68. The number of thiocarbonyl (C=S) groups is 1. The summed E-state index contributed by atoms with van der Waals surface area (Å²) in [5.74, 6) is -0.0857. The molecule has 1 N–H and O–H groups in total. The molecule has 0 spiro atoms. The smallest absolute Gasteiger partial charge is 0.303 e. The van der Waals surface area contributed by atoms with Crippen molar-refractivity contribution < 1.29 is 14.7 Å². The molecule has 2 aromatic carbocycles. The third kappa shape index (κ3) is 5.60. The molecule has 1 aromatic heterocycles. The van der Waals surface area contributed by atoms with Crippen LogP contribution >= 0.6 is 35.7 Å².